The van der Waals surface area contributed by atoms with E-state index in [1.165, 1.54) is 0 Å². The molecule has 0 radical (unpaired) electrons. The number of morpholine rings is 1. The molecule has 4 rings (SSSR count). The number of methoxy groups -OCH3 is 1. The fraction of sp³-hybridized carbons (Fsp3) is 0.400. The topological polar surface area (TPSA) is 65.0 Å². The van der Waals surface area contributed by atoms with Gasteiger partial charge in [-0.15, -0.1) is 0 Å². The number of hydrogen-bond acceptors (Lipinski definition) is 5. The van der Waals surface area contributed by atoms with E-state index in [0.29, 0.717) is 37.7 Å². The van der Waals surface area contributed by atoms with Crippen LogP contribution >= 0.6 is 0 Å². The van der Waals surface area contributed by atoms with Crippen LogP contribution in [0.15, 0.2) is 48.7 Å². The molecule has 0 bridgehead atoms. The smallest absolute Gasteiger partial charge is 0.253 e. The Morgan fingerprint density at radius 1 is 1.16 bits per heavy atom. The summed E-state index contributed by atoms with van der Waals surface area (Å²) >= 11 is 0. The summed E-state index contributed by atoms with van der Waals surface area (Å²) in [6.07, 6.45) is 1.89. The highest BCUT2D eigenvalue weighted by Crippen LogP contribution is 2.32. The lowest BCUT2D eigenvalue weighted by Gasteiger charge is -2.35. The maximum atomic E-state index is 13.1. The zero-order valence-corrected chi connectivity index (χ0v) is 19.0. The molecule has 0 spiro atoms. The average molecular weight is 438 g/mol. The molecule has 7 heteroatoms. The molecule has 1 aliphatic rings. The number of rotatable bonds is 8. The lowest BCUT2D eigenvalue weighted by molar-refractivity contribution is 0.0162. The minimum atomic E-state index is -0.0713. The first-order valence-corrected chi connectivity index (χ1v) is 11.1. The highest BCUT2D eigenvalue weighted by Gasteiger charge is 2.25. The number of hydrogen-bond donors (Lipinski definition) is 1. The van der Waals surface area contributed by atoms with E-state index in [1.807, 2.05) is 61.1 Å². The van der Waals surface area contributed by atoms with Gasteiger partial charge in [0.2, 0.25) is 0 Å². The van der Waals surface area contributed by atoms with Crippen molar-refractivity contribution < 1.29 is 19.0 Å². The predicted octanol–water partition coefficient (Wildman–Crippen LogP) is 3.39. The van der Waals surface area contributed by atoms with E-state index in [9.17, 15) is 4.79 Å². The number of aromatic nitrogens is 1. The van der Waals surface area contributed by atoms with Crippen LogP contribution in [0.25, 0.3) is 10.9 Å². The van der Waals surface area contributed by atoms with Crippen LogP contribution in [-0.2, 0) is 11.8 Å². The molecule has 1 amide bonds. The summed E-state index contributed by atoms with van der Waals surface area (Å²) in [5.74, 6) is 1.35. The van der Waals surface area contributed by atoms with E-state index in [-0.39, 0.29) is 11.9 Å². The van der Waals surface area contributed by atoms with E-state index >= 15 is 0 Å². The summed E-state index contributed by atoms with van der Waals surface area (Å²) in [5, 5.41) is 4.13. The molecular weight excluding hydrogens is 406 g/mol. The highest BCUT2D eigenvalue weighted by atomic mass is 16.5. The summed E-state index contributed by atoms with van der Waals surface area (Å²) < 4.78 is 18.8. The van der Waals surface area contributed by atoms with E-state index in [0.717, 1.165) is 35.3 Å². The number of fused-ring (bicyclic) bond motifs is 1. The minimum absolute atomic E-state index is 0.00222. The van der Waals surface area contributed by atoms with Crippen molar-refractivity contribution in [3.05, 3.63) is 59.8 Å². The predicted molar refractivity (Wildman–Crippen MR) is 125 cm³/mol. The molecule has 0 aliphatic carbocycles. The third kappa shape index (κ3) is 4.59. The SMILES string of the molecule is CCOc1ccc(C(CNC(=O)c2cn(C)c3ccccc23)N2CCOCC2)cc1OC. The van der Waals surface area contributed by atoms with Crippen LogP contribution in [0.5, 0.6) is 11.5 Å². The van der Waals surface area contributed by atoms with Crippen LogP contribution in [0.2, 0.25) is 0 Å². The molecule has 1 unspecified atom stereocenters. The molecule has 1 aliphatic heterocycles. The van der Waals surface area contributed by atoms with E-state index in [4.69, 9.17) is 14.2 Å². The van der Waals surface area contributed by atoms with Crippen molar-refractivity contribution >= 4 is 16.8 Å². The van der Waals surface area contributed by atoms with Gasteiger partial charge in [0.15, 0.2) is 11.5 Å². The van der Waals surface area contributed by atoms with Gasteiger partial charge in [0.05, 0.1) is 38.5 Å². The molecule has 0 saturated carbocycles. The number of nitrogens with one attached hydrogen (secondary N) is 1. The van der Waals surface area contributed by atoms with Gasteiger partial charge >= 0.3 is 0 Å². The van der Waals surface area contributed by atoms with Gasteiger partial charge in [-0.1, -0.05) is 24.3 Å². The van der Waals surface area contributed by atoms with E-state index in [1.54, 1.807) is 7.11 Å². The Labute approximate surface area is 188 Å². The molecule has 1 fully saturated rings. The molecular formula is C25H31N3O4. The fourth-order valence-electron chi connectivity index (χ4n) is 4.32. The van der Waals surface area contributed by atoms with Crippen molar-refractivity contribution in [2.24, 2.45) is 7.05 Å². The van der Waals surface area contributed by atoms with Crippen LogP contribution in [0.4, 0.5) is 0 Å². The normalized spacial score (nSPS) is 15.5. The quantitative estimate of drug-likeness (QED) is 0.585. The summed E-state index contributed by atoms with van der Waals surface area (Å²) in [6.45, 7) is 5.99. The first-order valence-electron chi connectivity index (χ1n) is 11.1. The van der Waals surface area contributed by atoms with Gasteiger partial charge in [0.25, 0.3) is 5.91 Å². The Morgan fingerprint density at radius 2 is 1.94 bits per heavy atom. The molecule has 170 valence electrons. The first kappa shape index (κ1) is 22.2. The highest BCUT2D eigenvalue weighted by molar-refractivity contribution is 6.07. The van der Waals surface area contributed by atoms with Crippen LogP contribution in [0, 0.1) is 0 Å². The number of benzene rings is 2. The average Bonchev–Trinajstić information content (AvgIpc) is 3.17. The molecule has 7 nitrogen and oxygen atoms in total. The molecule has 1 N–H and O–H groups in total. The maximum Gasteiger partial charge on any atom is 0.253 e. The third-order valence-electron chi connectivity index (χ3n) is 5.96. The Kier molecular flexibility index (Phi) is 6.97. The second kappa shape index (κ2) is 10.1. The molecule has 3 aromatic rings. The minimum Gasteiger partial charge on any atom is -0.493 e. The van der Waals surface area contributed by atoms with Gasteiger partial charge in [-0.3, -0.25) is 9.69 Å². The number of carbonyl (C=O) groups is 1. The zero-order chi connectivity index (χ0) is 22.5. The Morgan fingerprint density at radius 3 is 2.69 bits per heavy atom. The molecule has 2 aromatic carbocycles. The number of ether oxygens (including phenoxy) is 3. The van der Waals surface area contributed by atoms with Crippen LogP contribution in [0.1, 0.15) is 28.9 Å². The van der Waals surface area contributed by atoms with Gasteiger partial charge in [-0.05, 0) is 30.7 Å². The number of amides is 1. The van der Waals surface area contributed by atoms with Gasteiger partial charge in [-0.25, -0.2) is 0 Å². The molecule has 2 heterocycles. The summed E-state index contributed by atoms with van der Waals surface area (Å²) in [7, 11) is 3.61. The zero-order valence-electron chi connectivity index (χ0n) is 19.0. The van der Waals surface area contributed by atoms with E-state index < -0.39 is 0 Å². The molecule has 1 atom stereocenters. The molecule has 1 aromatic heterocycles. The van der Waals surface area contributed by atoms with Crippen molar-refractivity contribution in [1.29, 1.82) is 0 Å². The van der Waals surface area contributed by atoms with Crippen molar-refractivity contribution in [1.82, 2.24) is 14.8 Å². The second-order valence-corrected chi connectivity index (χ2v) is 7.89. The fourth-order valence-corrected chi connectivity index (χ4v) is 4.32. The van der Waals surface area contributed by atoms with Crippen LogP contribution in [0.3, 0.4) is 0 Å². The van der Waals surface area contributed by atoms with E-state index in [2.05, 4.69) is 16.3 Å². The second-order valence-electron chi connectivity index (χ2n) is 7.89. The summed E-state index contributed by atoms with van der Waals surface area (Å²) in [5.41, 5.74) is 2.80. The van der Waals surface area contributed by atoms with Crippen LogP contribution in [-0.4, -0.2) is 61.9 Å². The lowest BCUT2D eigenvalue weighted by Crippen LogP contribution is -2.43. The third-order valence-corrected chi connectivity index (χ3v) is 5.96. The van der Waals surface area contributed by atoms with Crippen molar-refractivity contribution in [3.8, 4) is 11.5 Å². The van der Waals surface area contributed by atoms with Gasteiger partial charge < -0.3 is 24.1 Å². The van der Waals surface area contributed by atoms with Gasteiger partial charge in [0, 0.05) is 43.8 Å². The first-order chi connectivity index (χ1) is 15.6. The van der Waals surface area contributed by atoms with Crippen molar-refractivity contribution in [2.75, 3.05) is 46.6 Å². The Balaban J connectivity index is 1.58. The molecule has 1 saturated heterocycles. The lowest BCUT2D eigenvalue weighted by atomic mass is 10.0. The van der Waals surface area contributed by atoms with Crippen LogP contribution < -0.4 is 14.8 Å². The van der Waals surface area contributed by atoms with Gasteiger partial charge in [0.1, 0.15) is 0 Å². The summed E-state index contributed by atoms with van der Waals surface area (Å²) in [4.78, 5) is 15.5. The number of aryl methyl sites for hydroxylation is 1. The van der Waals surface area contributed by atoms with Gasteiger partial charge in [-0.2, -0.15) is 0 Å². The molecule has 32 heavy (non-hydrogen) atoms. The number of nitrogens with zero attached hydrogens (tertiary/aromatic N) is 2. The Bertz CT molecular complexity index is 1070. The summed E-state index contributed by atoms with van der Waals surface area (Å²) in [6, 6.07) is 14.0. The monoisotopic (exact) mass is 437 g/mol. The van der Waals surface area contributed by atoms with Crippen molar-refractivity contribution in [2.45, 2.75) is 13.0 Å². The Hall–Kier alpha value is -3.03. The maximum absolute atomic E-state index is 13.1. The largest absolute Gasteiger partial charge is 0.493 e. The number of para-hydroxylation sites is 1. The van der Waals surface area contributed by atoms with Crippen molar-refractivity contribution in [3.63, 3.8) is 0 Å². The number of carbonyl (C=O) groups excluding carboxylic acids is 1. The standard InChI is InChI=1S/C25H31N3O4/c1-4-32-23-10-9-18(15-24(23)30-3)22(28-11-13-31-14-12-28)16-26-25(29)20-17-27(2)21-8-6-5-7-19(20)21/h5-10,15,17,22H,4,11-14,16H2,1-3H3,(H,26,29).